The Labute approximate surface area is 150 Å². The molecule has 0 aromatic heterocycles. The quantitative estimate of drug-likeness (QED) is 0.707. The molecule has 1 atom stereocenters. The minimum Gasteiger partial charge on any atom is -0.478 e. The molecule has 1 aromatic carbocycles. The number of aliphatic carboxylic acids is 1. The number of rotatable bonds is 4. The first-order chi connectivity index (χ1) is 12.4. The van der Waals surface area contributed by atoms with Gasteiger partial charge in [0.05, 0.1) is 5.56 Å². The molecule has 0 spiro atoms. The molecule has 1 aromatic rings. The third-order valence-corrected chi connectivity index (χ3v) is 3.94. The first kappa shape index (κ1) is 20.6. The van der Waals surface area contributed by atoms with Crippen molar-refractivity contribution in [3.05, 3.63) is 65.3 Å². The molecule has 9 heteroatoms. The van der Waals surface area contributed by atoms with Crippen LogP contribution in [-0.2, 0) is 11.0 Å². The van der Waals surface area contributed by atoms with Gasteiger partial charge in [-0.1, -0.05) is 36.4 Å². The zero-order chi connectivity index (χ0) is 20.5. The molecular weight excluding hydrogens is 378 g/mol. The van der Waals surface area contributed by atoms with Crippen LogP contribution in [0.1, 0.15) is 18.9 Å². The molecule has 0 heterocycles. The van der Waals surface area contributed by atoms with Crippen LogP contribution in [0.5, 0.6) is 5.75 Å². The Morgan fingerprint density at radius 2 is 1.70 bits per heavy atom. The minimum absolute atomic E-state index is 0.206. The van der Waals surface area contributed by atoms with Crippen molar-refractivity contribution in [1.82, 2.24) is 0 Å². The molecule has 27 heavy (non-hydrogen) atoms. The van der Waals surface area contributed by atoms with E-state index in [1.54, 1.807) is 0 Å². The van der Waals surface area contributed by atoms with E-state index in [0.717, 1.165) is 49.4 Å². The Bertz CT molecular complexity index is 817. The van der Waals surface area contributed by atoms with Gasteiger partial charge in [0, 0.05) is 11.1 Å². The molecule has 0 bridgehead atoms. The zero-order valence-corrected chi connectivity index (χ0v) is 13.9. The van der Waals surface area contributed by atoms with Crippen LogP contribution in [0.4, 0.5) is 26.3 Å². The van der Waals surface area contributed by atoms with Crippen LogP contribution in [0, 0.1) is 0 Å². The van der Waals surface area contributed by atoms with Crippen LogP contribution >= 0.6 is 0 Å². The number of para-hydroxylation sites is 1. The SMILES string of the molecule is CC(Oc1ccccc1C(F)(F)F)(C(=O)O)C1=CCC(C(F)(F)F)=CC=C1. The van der Waals surface area contributed by atoms with Gasteiger partial charge in [0.2, 0.25) is 5.60 Å². The van der Waals surface area contributed by atoms with Crippen LogP contribution in [0.3, 0.4) is 0 Å². The number of carbonyl (C=O) groups is 1. The first-order valence-electron chi connectivity index (χ1n) is 7.59. The van der Waals surface area contributed by atoms with Gasteiger partial charge in [0.1, 0.15) is 5.75 Å². The molecule has 1 unspecified atom stereocenters. The van der Waals surface area contributed by atoms with E-state index < -0.39 is 47.2 Å². The topological polar surface area (TPSA) is 46.5 Å². The van der Waals surface area contributed by atoms with Gasteiger partial charge in [-0.15, -0.1) is 0 Å². The van der Waals surface area contributed by atoms with Crippen LogP contribution in [0.15, 0.2) is 59.7 Å². The van der Waals surface area contributed by atoms with Gasteiger partial charge in [0.15, 0.2) is 0 Å². The fraction of sp³-hybridized carbons (Fsp3) is 0.278. The van der Waals surface area contributed by atoms with E-state index >= 15 is 0 Å². The van der Waals surface area contributed by atoms with Gasteiger partial charge in [-0.2, -0.15) is 26.3 Å². The summed E-state index contributed by atoms with van der Waals surface area (Å²) >= 11 is 0. The lowest BCUT2D eigenvalue weighted by molar-refractivity contribution is -0.153. The van der Waals surface area contributed by atoms with Crippen molar-refractivity contribution in [2.75, 3.05) is 0 Å². The Balaban J connectivity index is 2.44. The maximum absolute atomic E-state index is 13.1. The summed E-state index contributed by atoms with van der Waals surface area (Å²) in [7, 11) is 0. The second kappa shape index (κ2) is 7.13. The standard InChI is InChI=1S/C18H14F6O3/c1-16(15(25)26,11-5-4-6-12(10-9-11)17(19,20)21)27-14-8-3-2-7-13(14)18(22,23)24/h2-9H,10H2,1H3,(H,25,26). The number of carboxylic acid groups (broad SMARTS) is 1. The number of hydrogen-bond acceptors (Lipinski definition) is 2. The van der Waals surface area contributed by atoms with E-state index in [4.69, 9.17) is 4.74 Å². The minimum atomic E-state index is -4.80. The maximum Gasteiger partial charge on any atom is 0.419 e. The lowest BCUT2D eigenvalue weighted by Crippen LogP contribution is -2.43. The molecule has 1 aliphatic rings. The first-order valence-corrected chi connectivity index (χ1v) is 7.59. The Morgan fingerprint density at radius 3 is 2.26 bits per heavy atom. The van der Waals surface area contributed by atoms with E-state index in [2.05, 4.69) is 0 Å². The normalized spacial score (nSPS) is 17.4. The molecule has 0 amide bonds. The lowest BCUT2D eigenvalue weighted by Gasteiger charge is -2.29. The highest BCUT2D eigenvalue weighted by Crippen LogP contribution is 2.39. The largest absolute Gasteiger partial charge is 0.478 e. The van der Waals surface area contributed by atoms with Crippen molar-refractivity contribution in [2.24, 2.45) is 0 Å². The summed E-state index contributed by atoms with van der Waals surface area (Å²) in [6, 6.07) is 4.01. The molecule has 0 aliphatic heterocycles. The summed E-state index contributed by atoms with van der Waals surface area (Å²) in [4.78, 5) is 11.8. The summed E-state index contributed by atoms with van der Waals surface area (Å²) < 4.78 is 83.1. The van der Waals surface area contributed by atoms with E-state index in [0.29, 0.717) is 0 Å². The van der Waals surface area contributed by atoms with Crippen molar-refractivity contribution in [3.63, 3.8) is 0 Å². The smallest absolute Gasteiger partial charge is 0.419 e. The summed E-state index contributed by atoms with van der Waals surface area (Å²) in [5.74, 6) is -2.39. The number of halogens is 6. The number of carboxylic acids is 1. The highest BCUT2D eigenvalue weighted by atomic mass is 19.4. The molecule has 1 N–H and O–H groups in total. The molecule has 3 nitrogen and oxygen atoms in total. The highest BCUT2D eigenvalue weighted by molar-refractivity contribution is 5.83. The second-order valence-corrected chi connectivity index (χ2v) is 5.85. The van der Waals surface area contributed by atoms with Crippen LogP contribution in [0.25, 0.3) is 0 Å². The zero-order valence-electron chi connectivity index (χ0n) is 13.9. The van der Waals surface area contributed by atoms with Gasteiger partial charge in [-0.05, 0) is 25.5 Å². The third kappa shape index (κ3) is 4.53. The van der Waals surface area contributed by atoms with Gasteiger partial charge in [-0.3, -0.25) is 0 Å². The van der Waals surface area contributed by atoms with Gasteiger partial charge in [-0.25, -0.2) is 4.79 Å². The van der Waals surface area contributed by atoms with Crippen molar-refractivity contribution < 1.29 is 41.0 Å². The summed E-state index contributed by atoms with van der Waals surface area (Å²) in [6.07, 6.45) is -6.24. The molecule has 146 valence electrons. The third-order valence-electron chi connectivity index (χ3n) is 3.94. The van der Waals surface area contributed by atoms with Crippen molar-refractivity contribution in [1.29, 1.82) is 0 Å². The summed E-state index contributed by atoms with van der Waals surface area (Å²) in [6.45, 7) is 0.983. The molecule has 0 radical (unpaired) electrons. The van der Waals surface area contributed by atoms with E-state index in [1.807, 2.05) is 0 Å². The maximum atomic E-state index is 13.1. The average Bonchev–Trinajstić information content (AvgIpc) is 2.80. The van der Waals surface area contributed by atoms with Crippen LogP contribution < -0.4 is 4.74 Å². The van der Waals surface area contributed by atoms with E-state index in [1.165, 1.54) is 6.07 Å². The Morgan fingerprint density at radius 1 is 1.07 bits per heavy atom. The Hall–Kier alpha value is -2.71. The fourth-order valence-corrected chi connectivity index (χ4v) is 2.42. The molecule has 1 aliphatic carbocycles. The summed E-state index contributed by atoms with van der Waals surface area (Å²) in [5.41, 5.74) is -4.64. The van der Waals surface area contributed by atoms with Crippen molar-refractivity contribution in [3.8, 4) is 5.75 Å². The number of hydrogen-bond donors (Lipinski definition) is 1. The van der Waals surface area contributed by atoms with Gasteiger partial charge in [0.25, 0.3) is 0 Å². The Kier molecular flexibility index (Phi) is 5.44. The molecule has 2 rings (SSSR count). The predicted octanol–water partition coefficient (Wildman–Crippen LogP) is 5.30. The number of allylic oxidation sites excluding steroid dienone is 4. The van der Waals surface area contributed by atoms with E-state index in [-0.39, 0.29) is 5.57 Å². The highest BCUT2D eigenvalue weighted by Gasteiger charge is 2.43. The summed E-state index contributed by atoms with van der Waals surface area (Å²) in [5, 5.41) is 9.54. The number of benzene rings is 1. The van der Waals surface area contributed by atoms with E-state index in [9.17, 15) is 36.2 Å². The molecule has 0 saturated carbocycles. The molecular formula is C18H14F6O3. The van der Waals surface area contributed by atoms with Crippen LogP contribution in [0.2, 0.25) is 0 Å². The monoisotopic (exact) mass is 392 g/mol. The van der Waals surface area contributed by atoms with Gasteiger partial charge >= 0.3 is 18.3 Å². The molecule has 0 saturated heterocycles. The number of alkyl halides is 6. The van der Waals surface area contributed by atoms with Crippen molar-refractivity contribution >= 4 is 5.97 Å². The average molecular weight is 392 g/mol. The lowest BCUT2D eigenvalue weighted by atomic mass is 9.93. The fourth-order valence-electron chi connectivity index (χ4n) is 2.42. The second-order valence-electron chi connectivity index (χ2n) is 5.85. The van der Waals surface area contributed by atoms with Gasteiger partial charge < -0.3 is 9.84 Å². The van der Waals surface area contributed by atoms with Crippen LogP contribution in [-0.4, -0.2) is 22.9 Å². The predicted molar refractivity (Wildman–Crippen MR) is 84.1 cm³/mol. The number of ether oxygens (including phenoxy) is 1. The molecule has 0 fully saturated rings. The van der Waals surface area contributed by atoms with Crippen molar-refractivity contribution in [2.45, 2.75) is 31.3 Å².